The van der Waals surface area contributed by atoms with E-state index in [9.17, 15) is 4.79 Å². The summed E-state index contributed by atoms with van der Waals surface area (Å²) in [4.78, 5) is 16.9. The van der Waals surface area contributed by atoms with Gasteiger partial charge in [0, 0.05) is 25.2 Å². The molecule has 1 heterocycles. The molecule has 1 saturated heterocycles. The molecule has 6 heteroatoms. The molecule has 1 aliphatic rings. The smallest absolute Gasteiger partial charge is 0.259 e. The maximum absolute atomic E-state index is 12.8. The van der Waals surface area contributed by atoms with E-state index in [2.05, 4.69) is 25.8 Å². The highest BCUT2D eigenvalue weighted by Crippen LogP contribution is 2.35. The first-order valence-electron chi connectivity index (χ1n) is 6.90. The Bertz CT molecular complexity index is 539. The topological polar surface area (TPSA) is 32.8 Å². The predicted octanol–water partition coefficient (Wildman–Crippen LogP) is 3.17. The van der Waals surface area contributed by atoms with Crippen molar-refractivity contribution in [3.63, 3.8) is 0 Å². The second-order valence-corrected chi connectivity index (χ2v) is 6.33. The minimum atomic E-state index is -0.133. The average Bonchev–Trinajstić information content (AvgIpc) is 2.45. The van der Waals surface area contributed by atoms with Gasteiger partial charge in [0.25, 0.3) is 5.91 Å². The van der Waals surface area contributed by atoms with Crippen LogP contribution in [-0.4, -0.2) is 55.0 Å². The van der Waals surface area contributed by atoms with Gasteiger partial charge in [0.1, 0.15) is 5.56 Å². The number of nitrogens with zero attached hydrogens (tertiary/aromatic N) is 2. The van der Waals surface area contributed by atoms with Gasteiger partial charge in [0.15, 0.2) is 5.75 Å². The number of amides is 1. The second-order valence-electron chi connectivity index (χ2n) is 5.51. The molecule has 0 bridgehead atoms. The zero-order chi connectivity index (χ0) is 15.7. The number of ether oxygens (including phenoxy) is 1. The summed E-state index contributed by atoms with van der Waals surface area (Å²) in [7, 11) is 3.56. The van der Waals surface area contributed by atoms with Crippen molar-refractivity contribution < 1.29 is 9.53 Å². The van der Waals surface area contributed by atoms with Gasteiger partial charge >= 0.3 is 0 Å². The average molecular weight is 331 g/mol. The van der Waals surface area contributed by atoms with E-state index < -0.39 is 0 Å². The van der Waals surface area contributed by atoms with Gasteiger partial charge in [-0.1, -0.05) is 23.2 Å². The fourth-order valence-corrected chi connectivity index (χ4v) is 3.12. The molecule has 1 fully saturated rings. The molecule has 0 aromatic heterocycles. The van der Waals surface area contributed by atoms with Crippen molar-refractivity contribution in [3.8, 4) is 5.75 Å². The number of hydrogen-bond donors (Lipinski definition) is 0. The van der Waals surface area contributed by atoms with Gasteiger partial charge in [-0.05, 0) is 33.0 Å². The molecule has 2 atom stereocenters. The first kappa shape index (κ1) is 16.4. The van der Waals surface area contributed by atoms with Gasteiger partial charge in [-0.3, -0.25) is 9.69 Å². The highest BCUT2D eigenvalue weighted by molar-refractivity contribution is 6.37. The Morgan fingerprint density at radius 1 is 1.19 bits per heavy atom. The second kappa shape index (κ2) is 6.42. The predicted molar refractivity (Wildman–Crippen MR) is 85.6 cm³/mol. The molecule has 1 aromatic carbocycles. The lowest BCUT2D eigenvalue weighted by atomic mass is 10.1. The minimum Gasteiger partial charge on any atom is -0.494 e. The van der Waals surface area contributed by atoms with Gasteiger partial charge in [0.2, 0.25) is 0 Å². The Kier molecular flexibility index (Phi) is 5.02. The maximum atomic E-state index is 12.8. The summed E-state index contributed by atoms with van der Waals surface area (Å²) in [5, 5.41) is 0.751. The van der Waals surface area contributed by atoms with Crippen LogP contribution in [0.1, 0.15) is 24.2 Å². The number of likely N-dealkylation sites (N-methyl/N-ethyl adjacent to an activating group) is 1. The van der Waals surface area contributed by atoms with E-state index in [1.807, 2.05) is 4.90 Å². The molecule has 0 saturated carbocycles. The fraction of sp³-hybridized carbons (Fsp3) is 0.533. The van der Waals surface area contributed by atoms with Crippen molar-refractivity contribution in [1.82, 2.24) is 9.80 Å². The lowest BCUT2D eigenvalue weighted by Crippen LogP contribution is -2.56. The van der Waals surface area contributed by atoms with Crippen LogP contribution in [0, 0.1) is 0 Å². The van der Waals surface area contributed by atoms with Crippen molar-refractivity contribution in [3.05, 3.63) is 27.7 Å². The Morgan fingerprint density at radius 3 is 2.24 bits per heavy atom. The van der Waals surface area contributed by atoms with Crippen molar-refractivity contribution >= 4 is 29.1 Å². The molecule has 1 amide bonds. The number of methoxy groups -OCH3 is 1. The molecule has 0 aliphatic carbocycles. The van der Waals surface area contributed by atoms with Crippen molar-refractivity contribution in [2.24, 2.45) is 0 Å². The molecule has 21 heavy (non-hydrogen) atoms. The van der Waals surface area contributed by atoms with Crippen LogP contribution in [0.3, 0.4) is 0 Å². The monoisotopic (exact) mass is 330 g/mol. The van der Waals surface area contributed by atoms with Crippen LogP contribution in [0.4, 0.5) is 0 Å². The van der Waals surface area contributed by atoms with Crippen molar-refractivity contribution in [1.29, 1.82) is 0 Å². The van der Waals surface area contributed by atoms with Crippen LogP contribution in [0.2, 0.25) is 10.0 Å². The van der Waals surface area contributed by atoms with Crippen LogP contribution in [0.5, 0.6) is 5.75 Å². The summed E-state index contributed by atoms with van der Waals surface area (Å²) in [6, 6.07) is 3.85. The van der Waals surface area contributed by atoms with Crippen molar-refractivity contribution in [2.45, 2.75) is 25.9 Å². The number of benzene rings is 1. The van der Waals surface area contributed by atoms with E-state index in [0.29, 0.717) is 46.5 Å². The summed E-state index contributed by atoms with van der Waals surface area (Å²) in [6.45, 7) is 5.52. The molecular formula is C15H20Cl2N2O2. The first-order chi connectivity index (χ1) is 9.86. The lowest BCUT2D eigenvalue weighted by molar-refractivity contribution is 0.0412. The molecule has 2 unspecified atom stereocenters. The molecule has 1 aliphatic heterocycles. The minimum absolute atomic E-state index is 0.133. The Morgan fingerprint density at radius 2 is 1.71 bits per heavy atom. The van der Waals surface area contributed by atoms with Crippen LogP contribution < -0.4 is 4.74 Å². The molecule has 116 valence electrons. The van der Waals surface area contributed by atoms with Crippen LogP contribution >= 0.6 is 23.2 Å². The lowest BCUT2D eigenvalue weighted by Gasteiger charge is -2.42. The molecule has 1 aromatic rings. The summed E-state index contributed by atoms with van der Waals surface area (Å²) >= 11 is 12.3. The number of rotatable bonds is 2. The molecule has 0 radical (unpaired) electrons. The zero-order valence-corrected chi connectivity index (χ0v) is 14.2. The number of carbonyl (C=O) groups is 1. The van der Waals surface area contributed by atoms with E-state index in [1.165, 1.54) is 7.11 Å². The molecular weight excluding hydrogens is 311 g/mol. The highest BCUT2D eigenvalue weighted by Gasteiger charge is 2.32. The number of carbonyl (C=O) groups excluding carboxylic acids is 1. The third-order valence-corrected chi connectivity index (χ3v) is 4.74. The third kappa shape index (κ3) is 3.12. The standard InChI is InChI=1S/C15H20Cl2N2O2/c1-9-7-19(8-10(2)18(9)3)15(20)13-11(16)5-6-12(17)14(13)21-4/h5-6,9-10H,7-8H2,1-4H3. The fourth-order valence-electron chi connectivity index (χ4n) is 2.66. The van der Waals surface area contributed by atoms with Gasteiger partial charge in [-0.15, -0.1) is 0 Å². The summed E-state index contributed by atoms with van der Waals surface area (Å²) in [5.41, 5.74) is 0.343. The van der Waals surface area contributed by atoms with Gasteiger partial charge in [0.05, 0.1) is 17.2 Å². The summed E-state index contributed by atoms with van der Waals surface area (Å²) in [6.07, 6.45) is 0. The van der Waals surface area contributed by atoms with E-state index in [-0.39, 0.29) is 5.91 Å². The highest BCUT2D eigenvalue weighted by atomic mass is 35.5. The van der Waals surface area contributed by atoms with E-state index in [1.54, 1.807) is 12.1 Å². The molecule has 0 N–H and O–H groups in total. The van der Waals surface area contributed by atoms with Crippen LogP contribution in [0.15, 0.2) is 12.1 Å². The third-order valence-electron chi connectivity index (χ3n) is 4.12. The molecule has 4 nitrogen and oxygen atoms in total. The number of hydrogen-bond acceptors (Lipinski definition) is 3. The Hall–Kier alpha value is -0.970. The summed E-state index contributed by atoms with van der Waals surface area (Å²) in [5.74, 6) is 0.208. The zero-order valence-electron chi connectivity index (χ0n) is 12.7. The number of halogens is 2. The maximum Gasteiger partial charge on any atom is 0.259 e. The van der Waals surface area contributed by atoms with E-state index in [4.69, 9.17) is 27.9 Å². The SMILES string of the molecule is COc1c(Cl)ccc(Cl)c1C(=O)N1CC(C)N(C)C(C)C1. The first-order valence-corrected chi connectivity index (χ1v) is 7.65. The van der Waals surface area contributed by atoms with Crippen molar-refractivity contribution in [2.75, 3.05) is 27.2 Å². The van der Waals surface area contributed by atoms with E-state index in [0.717, 1.165) is 0 Å². The van der Waals surface area contributed by atoms with Crippen LogP contribution in [-0.2, 0) is 0 Å². The van der Waals surface area contributed by atoms with Gasteiger partial charge in [-0.2, -0.15) is 0 Å². The Labute approximate surface area is 135 Å². The summed E-state index contributed by atoms with van der Waals surface area (Å²) < 4.78 is 5.27. The Balaban J connectivity index is 2.35. The molecule has 2 rings (SSSR count). The van der Waals surface area contributed by atoms with Gasteiger partial charge < -0.3 is 9.64 Å². The van der Waals surface area contributed by atoms with E-state index >= 15 is 0 Å². The largest absolute Gasteiger partial charge is 0.494 e. The molecule has 0 spiro atoms. The van der Waals surface area contributed by atoms with Gasteiger partial charge in [-0.25, -0.2) is 0 Å². The number of piperazine rings is 1. The van der Waals surface area contributed by atoms with Crippen LogP contribution in [0.25, 0.3) is 0 Å². The normalized spacial score (nSPS) is 23.2. The quantitative estimate of drug-likeness (QED) is 0.834.